The second-order valence-corrected chi connectivity index (χ2v) is 7.62. The first-order valence-corrected chi connectivity index (χ1v) is 9.46. The van der Waals surface area contributed by atoms with Crippen molar-refractivity contribution in [2.75, 3.05) is 44.7 Å². The van der Waals surface area contributed by atoms with Crippen LogP contribution in [0.15, 0.2) is 29.3 Å². The molecular weight excluding hydrogens is 296 g/mol. The summed E-state index contributed by atoms with van der Waals surface area (Å²) in [6.45, 7) is 10.4. The normalized spacial score (nSPS) is 22.1. The zero-order valence-electron chi connectivity index (χ0n) is 15.5. The Morgan fingerprint density at radius 2 is 2.12 bits per heavy atom. The van der Waals surface area contributed by atoms with Crippen LogP contribution in [0.1, 0.15) is 32.3 Å². The van der Waals surface area contributed by atoms with Crippen LogP contribution in [-0.2, 0) is 6.42 Å². The molecule has 0 radical (unpaired) electrons. The van der Waals surface area contributed by atoms with Gasteiger partial charge in [-0.2, -0.15) is 0 Å². The summed E-state index contributed by atoms with van der Waals surface area (Å²) in [5.41, 5.74) is 2.75. The standard InChI is InChI=1S/C20H32N4/c1-16(2)14-23-11-6-7-17(15-23)13-22-20(21-3)24-12-10-18-8-4-5-9-19(18)24/h4-5,8-9,16-17H,6-7,10-15H2,1-3H3,(H,21,22). The van der Waals surface area contributed by atoms with Crippen molar-refractivity contribution < 1.29 is 0 Å². The van der Waals surface area contributed by atoms with E-state index in [0.717, 1.165) is 37.3 Å². The zero-order chi connectivity index (χ0) is 16.9. The molecule has 132 valence electrons. The smallest absolute Gasteiger partial charge is 0.198 e. The van der Waals surface area contributed by atoms with Gasteiger partial charge in [0, 0.05) is 38.9 Å². The molecule has 24 heavy (non-hydrogen) atoms. The minimum atomic E-state index is 0.729. The molecule has 0 aromatic heterocycles. The third kappa shape index (κ3) is 4.10. The highest BCUT2D eigenvalue weighted by Crippen LogP contribution is 2.27. The van der Waals surface area contributed by atoms with Crippen LogP contribution in [0.4, 0.5) is 5.69 Å². The molecule has 1 unspecified atom stereocenters. The minimum absolute atomic E-state index is 0.729. The summed E-state index contributed by atoms with van der Waals surface area (Å²) in [6, 6.07) is 8.69. The lowest BCUT2D eigenvalue weighted by atomic mass is 9.97. The van der Waals surface area contributed by atoms with Gasteiger partial charge in [0.05, 0.1) is 0 Å². The first kappa shape index (κ1) is 17.3. The topological polar surface area (TPSA) is 30.9 Å². The average Bonchev–Trinajstić information content (AvgIpc) is 2.99. The predicted octanol–water partition coefficient (Wildman–Crippen LogP) is 2.99. The van der Waals surface area contributed by atoms with Crippen molar-refractivity contribution in [3.63, 3.8) is 0 Å². The van der Waals surface area contributed by atoms with E-state index < -0.39 is 0 Å². The highest BCUT2D eigenvalue weighted by atomic mass is 15.3. The molecule has 1 saturated heterocycles. The Bertz CT molecular complexity index is 567. The Morgan fingerprint density at radius 3 is 2.92 bits per heavy atom. The highest BCUT2D eigenvalue weighted by Gasteiger charge is 2.24. The number of nitrogens with one attached hydrogen (secondary N) is 1. The largest absolute Gasteiger partial charge is 0.356 e. The Morgan fingerprint density at radius 1 is 1.29 bits per heavy atom. The fourth-order valence-electron chi connectivity index (χ4n) is 4.09. The molecule has 0 spiro atoms. The molecule has 0 amide bonds. The third-order valence-electron chi connectivity index (χ3n) is 5.13. The molecule has 1 fully saturated rings. The van der Waals surface area contributed by atoms with Gasteiger partial charge in [0.25, 0.3) is 0 Å². The maximum Gasteiger partial charge on any atom is 0.198 e. The predicted molar refractivity (Wildman–Crippen MR) is 103 cm³/mol. The molecule has 1 N–H and O–H groups in total. The van der Waals surface area contributed by atoms with Gasteiger partial charge in [-0.1, -0.05) is 32.0 Å². The third-order valence-corrected chi connectivity index (χ3v) is 5.13. The number of likely N-dealkylation sites (tertiary alicyclic amines) is 1. The number of para-hydroxylation sites is 1. The van der Waals surface area contributed by atoms with Crippen molar-refractivity contribution in [1.82, 2.24) is 10.2 Å². The fraction of sp³-hybridized carbons (Fsp3) is 0.650. The van der Waals surface area contributed by atoms with Gasteiger partial charge in [0.2, 0.25) is 0 Å². The SMILES string of the molecule is CN=C(NCC1CCCN(CC(C)C)C1)N1CCc2ccccc21. The van der Waals surface area contributed by atoms with Crippen molar-refractivity contribution in [3.05, 3.63) is 29.8 Å². The Kier molecular flexibility index (Phi) is 5.77. The van der Waals surface area contributed by atoms with E-state index in [4.69, 9.17) is 0 Å². The van der Waals surface area contributed by atoms with Gasteiger partial charge < -0.3 is 15.1 Å². The lowest BCUT2D eigenvalue weighted by Crippen LogP contribution is -2.46. The van der Waals surface area contributed by atoms with Gasteiger partial charge in [-0.3, -0.25) is 4.99 Å². The number of benzene rings is 1. The summed E-state index contributed by atoms with van der Waals surface area (Å²) in [4.78, 5) is 9.51. The van der Waals surface area contributed by atoms with Crippen molar-refractivity contribution in [3.8, 4) is 0 Å². The second-order valence-electron chi connectivity index (χ2n) is 7.62. The van der Waals surface area contributed by atoms with Crippen LogP contribution in [0.5, 0.6) is 0 Å². The Hall–Kier alpha value is -1.55. The number of nitrogens with zero attached hydrogens (tertiary/aromatic N) is 3. The number of anilines is 1. The molecule has 2 aliphatic rings. The Balaban J connectivity index is 1.55. The summed E-state index contributed by atoms with van der Waals surface area (Å²) in [6.07, 6.45) is 3.77. The summed E-state index contributed by atoms with van der Waals surface area (Å²) >= 11 is 0. The van der Waals surface area contributed by atoms with E-state index >= 15 is 0 Å². The van der Waals surface area contributed by atoms with E-state index in [0.29, 0.717) is 0 Å². The van der Waals surface area contributed by atoms with Gasteiger partial charge >= 0.3 is 0 Å². The van der Waals surface area contributed by atoms with Crippen molar-refractivity contribution >= 4 is 11.6 Å². The molecule has 4 nitrogen and oxygen atoms in total. The minimum Gasteiger partial charge on any atom is -0.356 e. The van der Waals surface area contributed by atoms with Crippen LogP contribution >= 0.6 is 0 Å². The van der Waals surface area contributed by atoms with Crippen molar-refractivity contribution in [2.45, 2.75) is 33.1 Å². The van der Waals surface area contributed by atoms with Crippen LogP contribution in [0.25, 0.3) is 0 Å². The molecule has 0 saturated carbocycles. The lowest BCUT2D eigenvalue weighted by molar-refractivity contribution is 0.159. The van der Waals surface area contributed by atoms with Crippen LogP contribution in [0, 0.1) is 11.8 Å². The van der Waals surface area contributed by atoms with E-state index in [1.807, 2.05) is 7.05 Å². The first-order valence-electron chi connectivity index (χ1n) is 9.46. The lowest BCUT2D eigenvalue weighted by Gasteiger charge is -2.34. The molecule has 2 aliphatic heterocycles. The van der Waals surface area contributed by atoms with Crippen LogP contribution in [-0.4, -0.2) is 50.6 Å². The number of fused-ring (bicyclic) bond motifs is 1. The van der Waals surface area contributed by atoms with Crippen LogP contribution in [0.2, 0.25) is 0 Å². The Labute approximate surface area is 146 Å². The van der Waals surface area contributed by atoms with E-state index in [2.05, 4.69) is 58.2 Å². The van der Waals surface area contributed by atoms with Gasteiger partial charge in [-0.25, -0.2) is 0 Å². The maximum atomic E-state index is 4.54. The van der Waals surface area contributed by atoms with Crippen LogP contribution in [0.3, 0.4) is 0 Å². The van der Waals surface area contributed by atoms with E-state index in [9.17, 15) is 0 Å². The molecule has 0 aliphatic carbocycles. The average molecular weight is 329 g/mol. The molecule has 1 atom stereocenters. The zero-order valence-corrected chi connectivity index (χ0v) is 15.5. The van der Waals surface area contributed by atoms with Crippen LogP contribution < -0.4 is 10.2 Å². The van der Waals surface area contributed by atoms with Gasteiger partial charge in [0.15, 0.2) is 5.96 Å². The monoisotopic (exact) mass is 328 g/mol. The molecule has 2 heterocycles. The molecule has 1 aromatic rings. The van der Waals surface area contributed by atoms with E-state index in [-0.39, 0.29) is 0 Å². The number of rotatable bonds is 4. The molecule has 3 rings (SSSR count). The number of piperidine rings is 1. The number of guanidine groups is 1. The van der Waals surface area contributed by atoms with E-state index in [1.165, 1.54) is 43.7 Å². The summed E-state index contributed by atoms with van der Waals surface area (Å²) < 4.78 is 0. The second kappa shape index (κ2) is 8.02. The van der Waals surface area contributed by atoms with Gasteiger partial charge in [-0.05, 0) is 49.3 Å². The molecular formula is C20H32N4. The summed E-state index contributed by atoms with van der Waals surface area (Å²) in [5.74, 6) is 2.51. The van der Waals surface area contributed by atoms with Crippen molar-refractivity contribution in [1.29, 1.82) is 0 Å². The summed E-state index contributed by atoms with van der Waals surface area (Å²) in [5, 5.41) is 3.65. The quantitative estimate of drug-likeness (QED) is 0.681. The molecule has 1 aromatic carbocycles. The number of aliphatic imine (C=N–C) groups is 1. The van der Waals surface area contributed by atoms with Crippen molar-refractivity contribution in [2.24, 2.45) is 16.8 Å². The fourth-order valence-corrected chi connectivity index (χ4v) is 4.09. The number of hydrogen-bond donors (Lipinski definition) is 1. The van der Waals surface area contributed by atoms with Gasteiger partial charge in [0.1, 0.15) is 0 Å². The van der Waals surface area contributed by atoms with Gasteiger partial charge in [-0.15, -0.1) is 0 Å². The molecule has 4 heteroatoms. The first-order chi connectivity index (χ1) is 11.7. The number of hydrogen-bond acceptors (Lipinski definition) is 2. The van der Waals surface area contributed by atoms with E-state index in [1.54, 1.807) is 0 Å². The molecule has 0 bridgehead atoms. The maximum absolute atomic E-state index is 4.54. The summed E-state index contributed by atoms with van der Waals surface area (Å²) in [7, 11) is 1.90. The highest BCUT2D eigenvalue weighted by molar-refractivity contribution is 5.97.